The Balaban J connectivity index is 3.75. The Bertz CT molecular complexity index is 164. The van der Waals surface area contributed by atoms with E-state index in [1.807, 2.05) is 0 Å². The predicted octanol–water partition coefficient (Wildman–Crippen LogP) is 2.99. The van der Waals surface area contributed by atoms with Crippen LogP contribution in [0.5, 0.6) is 0 Å². The van der Waals surface area contributed by atoms with Crippen LogP contribution in [0.3, 0.4) is 0 Å². The summed E-state index contributed by atoms with van der Waals surface area (Å²) in [5.74, 6) is 0.744. The Labute approximate surface area is 103 Å². The maximum atomic E-state index is 3.56. The highest BCUT2D eigenvalue weighted by molar-refractivity contribution is 4.75. The van der Waals surface area contributed by atoms with E-state index >= 15 is 0 Å². The van der Waals surface area contributed by atoms with Gasteiger partial charge in [-0.15, -0.1) is 0 Å². The molecule has 2 heteroatoms. The van der Waals surface area contributed by atoms with Crippen LogP contribution in [0.2, 0.25) is 0 Å². The summed E-state index contributed by atoms with van der Waals surface area (Å²) in [7, 11) is 2.24. The molecule has 2 nitrogen and oxygen atoms in total. The van der Waals surface area contributed by atoms with E-state index in [4.69, 9.17) is 0 Å². The molecule has 98 valence electrons. The summed E-state index contributed by atoms with van der Waals surface area (Å²) < 4.78 is 0. The van der Waals surface area contributed by atoms with Crippen molar-refractivity contribution in [1.29, 1.82) is 0 Å². The highest BCUT2D eigenvalue weighted by atomic mass is 15.1. The molecule has 0 atom stereocenters. The first-order valence-corrected chi connectivity index (χ1v) is 6.76. The summed E-state index contributed by atoms with van der Waals surface area (Å²) in [6.07, 6.45) is 2.60. The van der Waals surface area contributed by atoms with Gasteiger partial charge in [-0.2, -0.15) is 0 Å². The number of unbranched alkanes of at least 4 members (excludes halogenated alkanes) is 1. The summed E-state index contributed by atoms with van der Waals surface area (Å²) in [5.41, 5.74) is 0.372. The fourth-order valence-corrected chi connectivity index (χ4v) is 1.99. The van der Waals surface area contributed by atoms with E-state index in [0.29, 0.717) is 5.41 Å². The van der Waals surface area contributed by atoms with E-state index in [1.54, 1.807) is 0 Å². The maximum Gasteiger partial charge on any atom is 0.00418 e. The average molecular weight is 228 g/mol. The third-order valence-electron chi connectivity index (χ3n) is 2.75. The van der Waals surface area contributed by atoms with Crippen LogP contribution in [0.15, 0.2) is 0 Å². The molecule has 0 heterocycles. The first-order valence-electron chi connectivity index (χ1n) is 6.76. The topological polar surface area (TPSA) is 15.3 Å². The van der Waals surface area contributed by atoms with Crippen molar-refractivity contribution in [3.63, 3.8) is 0 Å². The van der Waals surface area contributed by atoms with E-state index in [0.717, 1.165) is 19.0 Å². The first kappa shape index (κ1) is 15.9. The molecule has 0 aromatic carbocycles. The molecular formula is C14H32N2. The molecule has 0 saturated carbocycles. The highest BCUT2D eigenvalue weighted by Gasteiger charge is 2.19. The lowest BCUT2D eigenvalue weighted by atomic mass is 9.92. The van der Waals surface area contributed by atoms with Crippen molar-refractivity contribution in [3.8, 4) is 0 Å². The molecule has 0 aromatic rings. The fourth-order valence-electron chi connectivity index (χ4n) is 1.99. The molecule has 16 heavy (non-hydrogen) atoms. The molecule has 0 radical (unpaired) electrons. The summed E-state index contributed by atoms with van der Waals surface area (Å²) in [5, 5.41) is 3.56. The number of nitrogens with zero attached hydrogens (tertiary/aromatic N) is 1. The number of hydrogen-bond acceptors (Lipinski definition) is 2. The fraction of sp³-hybridized carbons (Fsp3) is 1.00. The van der Waals surface area contributed by atoms with Crippen LogP contribution in [0.4, 0.5) is 0 Å². The van der Waals surface area contributed by atoms with Gasteiger partial charge in [0.15, 0.2) is 0 Å². The van der Waals surface area contributed by atoms with Gasteiger partial charge in [-0.05, 0) is 37.9 Å². The van der Waals surface area contributed by atoms with Gasteiger partial charge < -0.3 is 10.2 Å². The molecule has 0 amide bonds. The molecule has 0 rings (SSSR count). The van der Waals surface area contributed by atoms with Crippen molar-refractivity contribution in [2.75, 3.05) is 33.2 Å². The van der Waals surface area contributed by atoms with Gasteiger partial charge in [0.05, 0.1) is 0 Å². The van der Waals surface area contributed by atoms with Gasteiger partial charge >= 0.3 is 0 Å². The lowest BCUT2D eigenvalue weighted by molar-refractivity contribution is 0.201. The second-order valence-corrected chi connectivity index (χ2v) is 6.28. The van der Waals surface area contributed by atoms with Gasteiger partial charge in [-0.25, -0.2) is 0 Å². The van der Waals surface area contributed by atoms with Crippen LogP contribution in [-0.4, -0.2) is 38.1 Å². The molecule has 0 fully saturated rings. The Morgan fingerprint density at radius 2 is 1.88 bits per heavy atom. The van der Waals surface area contributed by atoms with Crippen molar-refractivity contribution in [3.05, 3.63) is 0 Å². The number of rotatable bonds is 9. The zero-order valence-corrected chi connectivity index (χ0v) is 12.3. The van der Waals surface area contributed by atoms with Gasteiger partial charge in [0.2, 0.25) is 0 Å². The monoisotopic (exact) mass is 228 g/mol. The molecule has 0 spiro atoms. The normalized spacial score (nSPS) is 12.8. The van der Waals surface area contributed by atoms with Crippen LogP contribution in [-0.2, 0) is 0 Å². The van der Waals surface area contributed by atoms with E-state index < -0.39 is 0 Å². The van der Waals surface area contributed by atoms with Crippen LogP contribution >= 0.6 is 0 Å². The van der Waals surface area contributed by atoms with E-state index in [-0.39, 0.29) is 0 Å². The summed E-state index contributed by atoms with van der Waals surface area (Å²) in [6, 6.07) is 0. The maximum absolute atomic E-state index is 3.56. The molecule has 0 aliphatic rings. The Kier molecular flexibility index (Phi) is 8.04. The number of nitrogens with one attached hydrogen (secondary N) is 1. The molecule has 0 unspecified atom stereocenters. The van der Waals surface area contributed by atoms with Gasteiger partial charge in [-0.1, -0.05) is 41.0 Å². The summed E-state index contributed by atoms with van der Waals surface area (Å²) in [6.45, 7) is 16.1. The van der Waals surface area contributed by atoms with Crippen molar-refractivity contribution in [1.82, 2.24) is 10.2 Å². The Morgan fingerprint density at radius 1 is 1.25 bits per heavy atom. The minimum absolute atomic E-state index is 0.372. The molecule has 0 saturated heterocycles. The van der Waals surface area contributed by atoms with Crippen molar-refractivity contribution in [2.45, 2.75) is 47.5 Å². The highest BCUT2D eigenvalue weighted by Crippen LogP contribution is 2.15. The zero-order chi connectivity index (χ0) is 12.6. The van der Waals surface area contributed by atoms with E-state index in [9.17, 15) is 0 Å². The van der Waals surface area contributed by atoms with E-state index in [1.165, 1.54) is 25.9 Å². The van der Waals surface area contributed by atoms with E-state index in [2.05, 4.69) is 51.9 Å². The molecule has 0 aliphatic carbocycles. The van der Waals surface area contributed by atoms with Gasteiger partial charge in [0.1, 0.15) is 0 Å². The minimum Gasteiger partial charge on any atom is -0.316 e. The molecule has 0 bridgehead atoms. The molecule has 0 aromatic heterocycles. The zero-order valence-electron chi connectivity index (χ0n) is 12.3. The quantitative estimate of drug-likeness (QED) is 0.652. The van der Waals surface area contributed by atoms with Crippen LogP contribution in [0.25, 0.3) is 0 Å². The largest absolute Gasteiger partial charge is 0.316 e. The molecular weight excluding hydrogens is 196 g/mol. The minimum atomic E-state index is 0.372. The van der Waals surface area contributed by atoms with Crippen molar-refractivity contribution >= 4 is 0 Å². The second kappa shape index (κ2) is 8.08. The molecule has 1 N–H and O–H groups in total. The Morgan fingerprint density at radius 3 is 2.38 bits per heavy atom. The van der Waals surface area contributed by atoms with Gasteiger partial charge in [0, 0.05) is 13.1 Å². The SMILES string of the molecule is CCCCN(C)CC(C)(C)CNCC(C)C. The number of hydrogen-bond donors (Lipinski definition) is 1. The predicted molar refractivity (Wildman–Crippen MR) is 73.9 cm³/mol. The van der Waals surface area contributed by atoms with Crippen molar-refractivity contribution < 1.29 is 0 Å². The smallest absolute Gasteiger partial charge is 0.00418 e. The van der Waals surface area contributed by atoms with Crippen LogP contribution in [0, 0.1) is 11.3 Å². The summed E-state index contributed by atoms with van der Waals surface area (Å²) in [4.78, 5) is 2.46. The van der Waals surface area contributed by atoms with Gasteiger partial charge in [-0.3, -0.25) is 0 Å². The average Bonchev–Trinajstić information content (AvgIpc) is 2.12. The van der Waals surface area contributed by atoms with Crippen LogP contribution < -0.4 is 5.32 Å². The first-order chi connectivity index (χ1) is 7.37. The third kappa shape index (κ3) is 9.17. The van der Waals surface area contributed by atoms with Crippen molar-refractivity contribution in [2.24, 2.45) is 11.3 Å². The third-order valence-corrected chi connectivity index (χ3v) is 2.75. The lowest BCUT2D eigenvalue weighted by Crippen LogP contribution is -2.40. The Hall–Kier alpha value is -0.0800. The van der Waals surface area contributed by atoms with Crippen LogP contribution in [0.1, 0.15) is 47.5 Å². The second-order valence-electron chi connectivity index (χ2n) is 6.28. The lowest BCUT2D eigenvalue weighted by Gasteiger charge is -2.31. The molecule has 0 aliphatic heterocycles. The summed E-state index contributed by atoms with van der Waals surface area (Å²) >= 11 is 0. The standard InChI is InChI=1S/C14H32N2/c1-7-8-9-16(6)12-14(4,5)11-15-10-13(2)3/h13,15H,7-12H2,1-6H3. The van der Waals surface area contributed by atoms with Gasteiger partial charge in [0.25, 0.3) is 0 Å².